The van der Waals surface area contributed by atoms with E-state index >= 15 is 0 Å². The van der Waals surface area contributed by atoms with Gasteiger partial charge in [0, 0.05) is 17.4 Å². The molecule has 0 amide bonds. The summed E-state index contributed by atoms with van der Waals surface area (Å²) in [6.45, 7) is 4.91. The summed E-state index contributed by atoms with van der Waals surface area (Å²) in [5.74, 6) is 0.781. The lowest BCUT2D eigenvalue weighted by molar-refractivity contribution is 0.129. The Kier molecular flexibility index (Phi) is 5.26. The van der Waals surface area contributed by atoms with Gasteiger partial charge in [-0.15, -0.1) is 0 Å². The van der Waals surface area contributed by atoms with Gasteiger partial charge in [-0.05, 0) is 62.1 Å². The SMILES string of the molecule is Cc1cccc(-n2c(SC[C@H]3CCCO3)nc3cc(Cl)ccc3c2=O)c1C. The molecule has 1 aliphatic heterocycles. The first-order valence-corrected chi connectivity index (χ1v) is 10.4. The summed E-state index contributed by atoms with van der Waals surface area (Å²) in [5, 5.41) is 1.83. The van der Waals surface area contributed by atoms with Gasteiger partial charge in [0.25, 0.3) is 5.56 Å². The molecule has 0 bridgehead atoms. The zero-order chi connectivity index (χ0) is 19.0. The van der Waals surface area contributed by atoms with Crippen LogP contribution in [0.3, 0.4) is 0 Å². The molecule has 1 atom stereocenters. The molecule has 140 valence electrons. The van der Waals surface area contributed by atoms with Crippen LogP contribution >= 0.6 is 23.4 Å². The van der Waals surface area contributed by atoms with Crippen molar-refractivity contribution >= 4 is 34.3 Å². The third-order valence-corrected chi connectivity index (χ3v) is 6.35. The molecule has 0 N–H and O–H groups in total. The number of hydrogen-bond donors (Lipinski definition) is 0. The summed E-state index contributed by atoms with van der Waals surface area (Å²) in [6.07, 6.45) is 2.37. The van der Waals surface area contributed by atoms with Gasteiger partial charge in [0.2, 0.25) is 0 Å². The highest BCUT2D eigenvalue weighted by Crippen LogP contribution is 2.27. The second-order valence-corrected chi connectivity index (χ2v) is 8.29. The Morgan fingerprint density at radius 1 is 1.30 bits per heavy atom. The Labute approximate surface area is 167 Å². The van der Waals surface area contributed by atoms with Gasteiger partial charge >= 0.3 is 0 Å². The van der Waals surface area contributed by atoms with Gasteiger partial charge in [0.05, 0.1) is 22.7 Å². The molecule has 1 fully saturated rings. The maximum atomic E-state index is 13.4. The second-order valence-electron chi connectivity index (χ2n) is 6.86. The first-order valence-electron chi connectivity index (χ1n) is 9.08. The van der Waals surface area contributed by atoms with E-state index in [1.54, 1.807) is 34.5 Å². The average molecular weight is 401 g/mol. The summed E-state index contributed by atoms with van der Waals surface area (Å²) in [4.78, 5) is 18.1. The number of hydrogen-bond acceptors (Lipinski definition) is 4. The lowest BCUT2D eigenvalue weighted by Crippen LogP contribution is -2.23. The fraction of sp³-hybridized carbons (Fsp3) is 0.333. The van der Waals surface area contributed by atoms with E-state index in [1.807, 2.05) is 19.1 Å². The maximum absolute atomic E-state index is 13.4. The zero-order valence-corrected chi connectivity index (χ0v) is 16.9. The van der Waals surface area contributed by atoms with E-state index in [1.165, 1.54) is 0 Å². The third kappa shape index (κ3) is 3.64. The molecule has 1 aliphatic rings. The molecule has 4 rings (SSSR count). The van der Waals surface area contributed by atoms with E-state index in [2.05, 4.69) is 13.0 Å². The van der Waals surface area contributed by atoms with Crippen LogP contribution in [0.5, 0.6) is 0 Å². The molecule has 1 aromatic heterocycles. The van der Waals surface area contributed by atoms with Crippen molar-refractivity contribution in [3.8, 4) is 5.69 Å². The van der Waals surface area contributed by atoms with Crippen LogP contribution in [0.4, 0.5) is 0 Å². The number of halogens is 1. The second kappa shape index (κ2) is 7.66. The van der Waals surface area contributed by atoms with Crippen LogP contribution in [0.25, 0.3) is 16.6 Å². The van der Waals surface area contributed by atoms with Crippen molar-refractivity contribution < 1.29 is 4.74 Å². The van der Waals surface area contributed by atoms with Crippen molar-refractivity contribution in [2.75, 3.05) is 12.4 Å². The Morgan fingerprint density at radius 3 is 2.93 bits per heavy atom. The monoisotopic (exact) mass is 400 g/mol. The van der Waals surface area contributed by atoms with Gasteiger partial charge in [0.1, 0.15) is 0 Å². The smallest absolute Gasteiger partial charge is 0.266 e. The summed E-state index contributed by atoms with van der Waals surface area (Å²) in [6, 6.07) is 11.2. The van der Waals surface area contributed by atoms with Crippen molar-refractivity contribution in [2.24, 2.45) is 0 Å². The molecule has 2 aromatic carbocycles. The van der Waals surface area contributed by atoms with Crippen molar-refractivity contribution in [3.63, 3.8) is 0 Å². The minimum absolute atomic E-state index is 0.0693. The molecule has 0 saturated carbocycles. The third-order valence-electron chi connectivity index (χ3n) is 5.04. The first kappa shape index (κ1) is 18.5. The standard InChI is InChI=1S/C21H21ClN2O2S/c1-13-5-3-7-19(14(13)2)24-20(25)17-9-8-15(22)11-18(17)23-21(24)27-12-16-6-4-10-26-16/h3,5,7-9,11,16H,4,6,10,12H2,1-2H3/t16-/m1/s1. The number of rotatable bonds is 4. The van der Waals surface area contributed by atoms with E-state index in [9.17, 15) is 4.79 Å². The summed E-state index contributed by atoms with van der Waals surface area (Å²) in [5.41, 5.74) is 3.66. The average Bonchev–Trinajstić information content (AvgIpc) is 3.16. The predicted octanol–water partition coefficient (Wildman–Crippen LogP) is 4.93. The fourth-order valence-electron chi connectivity index (χ4n) is 3.37. The molecule has 6 heteroatoms. The minimum Gasteiger partial charge on any atom is -0.377 e. The highest BCUT2D eigenvalue weighted by Gasteiger charge is 2.20. The number of benzene rings is 2. The first-order chi connectivity index (χ1) is 13.0. The van der Waals surface area contributed by atoms with E-state index in [0.717, 1.165) is 42.0 Å². The Balaban J connectivity index is 1.89. The van der Waals surface area contributed by atoms with Crippen molar-refractivity contribution in [3.05, 3.63) is 62.9 Å². The number of nitrogens with zero attached hydrogens (tertiary/aromatic N) is 2. The fourth-order valence-corrected chi connectivity index (χ4v) is 4.61. The van der Waals surface area contributed by atoms with E-state index in [4.69, 9.17) is 21.3 Å². The van der Waals surface area contributed by atoms with Crippen LogP contribution in [-0.2, 0) is 4.74 Å². The van der Waals surface area contributed by atoms with Crippen molar-refractivity contribution in [1.29, 1.82) is 0 Å². The molecule has 0 spiro atoms. The van der Waals surface area contributed by atoms with Gasteiger partial charge in [-0.2, -0.15) is 0 Å². The Bertz CT molecular complexity index is 1060. The quantitative estimate of drug-likeness (QED) is 0.460. The van der Waals surface area contributed by atoms with E-state index in [-0.39, 0.29) is 11.7 Å². The zero-order valence-electron chi connectivity index (χ0n) is 15.4. The molecular formula is C21H21ClN2O2S. The maximum Gasteiger partial charge on any atom is 0.266 e. The molecule has 0 radical (unpaired) electrons. The lowest BCUT2D eigenvalue weighted by atomic mass is 10.1. The number of thioether (sulfide) groups is 1. The summed E-state index contributed by atoms with van der Waals surface area (Å²) >= 11 is 7.70. The van der Waals surface area contributed by atoms with Crippen LogP contribution < -0.4 is 5.56 Å². The highest BCUT2D eigenvalue weighted by molar-refractivity contribution is 7.99. The summed E-state index contributed by atoms with van der Waals surface area (Å²) in [7, 11) is 0. The largest absolute Gasteiger partial charge is 0.377 e. The minimum atomic E-state index is -0.0693. The number of ether oxygens (including phenoxy) is 1. The van der Waals surface area contributed by atoms with Crippen LogP contribution in [-0.4, -0.2) is 28.0 Å². The number of fused-ring (bicyclic) bond motifs is 1. The van der Waals surface area contributed by atoms with Crippen LogP contribution in [0, 0.1) is 13.8 Å². The Hall–Kier alpha value is -1.82. The lowest BCUT2D eigenvalue weighted by Gasteiger charge is -2.17. The molecule has 27 heavy (non-hydrogen) atoms. The van der Waals surface area contributed by atoms with E-state index < -0.39 is 0 Å². The molecule has 0 unspecified atom stereocenters. The molecule has 2 heterocycles. The van der Waals surface area contributed by atoms with Crippen LogP contribution in [0.2, 0.25) is 5.02 Å². The van der Waals surface area contributed by atoms with Gasteiger partial charge in [-0.25, -0.2) is 4.98 Å². The summed E-state index contributed by atoms with van der Waals surface area (Å²) < 4.78 is 7.48. The van der Waals surface area contributed by atoms with Crippen LogP contribution in [0.1, 0.15) is 24.0 Å². The molecule has 3 aromatic rings. The topological polar surface area (TPSA) is 44.1 Å². The van der Waals surface area contributed by atoms with Crippen molar-refractivity contribution in [1.82, 2.24) is 9.55 Å². The molecule has 0 aliphatic carbocycles. The van der Waals surface area contributed by atoms with E-state index in [0.29, 0.717) is 21.1 Å². The number of aryl methyl sites for hydroxylation is 1. The van der Waals surface area contributed by atoms with Gasteiger partial charge in [-0.3, -0.25) is 9.36 Å². The molecular weight excluding hydrogens is 380 g/mol. The molecule has 4 nitrogen and oxygen atoms in total. The predicted molar refractivity (Wildman–Crippen MR) is 112 cm³/mol. The van der Waals surface area contributed by atoms with Crippen LogP contribution in [0.15, 0.2) is 46.3 Å². The highest BCUT2D eigenvalue weighted by atomic mass is 35.5. The Morgan fingerprint density at radius 2 is 2.15 bits per heavy atom. The van der Waals surface area contributed by atoms with Gasteiger partial charge in [0.15, 0.2) is 5.16 Å². The normalized spacial score (nSPS) is 16.9. The van der Waals surface area contributed by atoms with Crippen molar-refractivity contribution in [2.45, 2.75) is 37.9 Å². The molecule has 1 saturated heterocycles. The number of aromatic nitrogens is 2. The van der Waals surface area contributed by atoms with Gasteiger partial charge in [-0.1, -0.05) is 35.5 Å². The van der Waals surface area contributed by atoms with Gasteiger partial charge < -0.3 is 4.74 Å².